The van der Waals surface area contributed by atoms with E-state index in [1.165, 1.54) is 0 Å². The zero-order valence-corrected chi connectivity index (χ0v) is 22.8. The van der Waals surface area contributed by atoms with E-state index in [4.69, 9.17) is 20.9 Å². The van der Waals surface area contributed by atoms with E-state index in [1.54, 1.807) is 0 Å². The maximum Gasteiger partial charge on any atom is 0.219 e. The van der Waals surface area contributed by atoms with Gasteiger partial charge in [-0.25, -0.2) is 4.98 Å². The van der Waals surface area contributed by atoms with Crippen molar-refractivity contribution in [2.45, 2.75) is 77.7 Å². The fourth-order valence-corrected chi connectivity index (χ4v) is 5.84. The van der Waals surface area contributed by atoms with Crippen LogP contribution in [0, 0.1) is 16.7 Å². The number of hydrogen-bond acceptors (Lipinski definition) is 9. The molecular weight excluding hydrogens is 468 g/mol. The number of aromatic nitrogens is 2. The highest BCUT2D eigenvalue weighted by Gasteiger charge is 2.47. The van der Waals surface area contributed by atoms with Gasteiger partial charge in [-0.3, -0.25) is 10.2 Å². The van der Waals surface area contributed by atoms with Gasteiger partial charge in [-0.2, -0.15) is 4.98 Å². The van der Waals surface area contributed by atoms with Crippen molar-refractivity contribution in [3.05, 3.63) is 23.2 Å². The number of Topliss-reactive ketones (excluding diaryl/α,β-unsaturated/α-hetero) is 1. The average Bonchev–Trinajstić information content (AvgIpc) is 2.90. The van der Waals surface area contributed by atoms with Crippen molar-refractivity contribution in [1.82, 2.24) is 14.9 Å². The molecule has 0 unspecified atom stereocenters. The number of ketones is 1. The molecule has 204 valence electrons. The topological polar surface area (TPSA) is 129 Å². The summed E-state index contributed by atoms with van der Waals surface area (Å²) in [6, 6.07) is 1.87. The Labute approximate surface area is 221 Å². The van der Waals surface area contributed by atoms with Crippen molar-refractivity contribution in [2.24, 2.45) is 17.1 Å². The lowest BCUT2D eigenvalue weighted by Gasteiger charge is -2.39. The summed E-state index contributed by atoms with van der Waals surface area (Å²) in [6.45, 7) is 8.35. The smallest absolute Gasteiger partial charge is 0.219 e. The second-order valence-electron chi connectivity index (χ2n) is 11.2. The van der Waals surface area contributed by atoms with Gasteiger partial charge in [-0.15, -0.1) is 0 Å². The van der Waals surface area contributed by atoms with Crippen LogP contribution in [-0.4, -0.2) is 77.3 Å². The number of allylic oxidation sites excluding steroid dienone is 2. The van der Waals surface area contributed by atoms with Crippen LogP contribution in [0.3, 0.4) is 0 Å². The summed E-state index contributed by atoms with van der Waals surface area (Å²) in [6.07, 6.45) is 6.75. The Hall–Kier alpha value is -2.52. The number of aliphatic hydroxyl groups excluding tert-OH is 1. The highest BCUT2D eigenvalue weighted by atomic mass is 16.5. The van der Waals surface area contributed by atoms with Crippen LogP contribution in [0.15, 0.2) is 17.4 Å². The molecule has 0 amide bonds. The Kier molecular flexibility index (Phi) is 8.85. The van der Waals surface area contributed by atoms with Crippen LogP contribution in [-0.2, 0) is 4.79 Å². The number of hydrogen-bond donors (Lipinski definition) is 3. The first kappa shape index (κ1) is 27.5. The van der Waals surface area contributed by atoms with E-state index < -0.39 is 5.41 Å². The van der Waals surface area contributed by atoms with Gasteiger partial charge in [0.1, 0.15) is 29.2 Å². The van der Waals surface area contributed by atoms with Crippen molar-refractivity contribution in [3.8, 4) is 5.88 Å². The van der Waals surface area contributed by atoms with Crippen molar-refractivity contribution < 1.29 is 14.6 Å². The van der Waals surface area contributed by atoms with Gasteiger partial charge in [0.05, 0.1) is 5.41 Å². The van der Waals surface area contributed by atoms with E-state index in [-0.39, 0.29) is 29.2 Å². The molecule has 3 aliphatic rings. The van der Waals surface area contributed by atoms with Gasteiger partial charge in [0.25, 0.3) is 0 Å². The Bertz CT molecular complexity index is 1020. The van der Waals surface area contributed by atoms with Crippen LogP contribution in [0.1, 0.15) is 77.5 Å². The Morgan fingerprint density at radius 3 is 2.59 bits per heavy atom. The van der Waals surface area contributed by atoms with Crippen LogP contribution in [0.2, 0.25) is 0 Å². The molecule has 4 rings (SSSR count). The summed E-state index contributed by atoms with van der Waals surface area (Å²) in [7, 11) is 2.11. The first-order valence-corrected chi connectivity index (χ1v) is 14.0. The average molecular weight is 513 g/mol. The van der Waals surface area contributed by atoms with Gasteiger partial charge in [0.15, 0.2) is 5.82 Å². The molecule has 1 saturated heterocycles. The Morgan fingerprint density at radius 1 is 1.16 bits per heavy atom. The minimum absolute atomic E-state index is 0.0748. The van der Waals surface area contributed by atoms with Gasteiger partial charge in [0, 0.05) is 44.2 Å². The summed E-state index contributed by atoms with van der Waals surface area (Å²) in [4.78, 5) is 26.9. The van der Waals surface area contributed by atoms with Gasteiger partial charge in [-0.1, -0.05) is 13.3 Å². The molecule has 2 aliphatic carbocycles. The standard InChI is InChI=1S/C28H44N6O3/c1-19(8-7-13-29)20(2)37-24-18-23(34-16-14-33(3)15-17-34)31-27(32-24)25(30)21-9-6-12-28(26(21)36)11-5-4-10-22(28)35/h18-20,30,36H,4-17,29H2,1-3H3/t19-,20-,28+/m0/s1. The molecule has 1 aromatic rings. The molecular formula is C28H44N6O3. The molecule has 2 fully saturated rings. The second kappa shape index (κ2) is 11.9. The van der Waals surface area contributed by atoms with Gasteiger partial charge in [0.2, 0.25) is 5.88 Å². The van der Waals surface area contributed by atoms with Crippen molar-refractivity contribution in [3.63, 3.8) is 0 Å². The number of aliphatic hydroxyl groups is 1. The minimum Gasteiger partial charge on any atom is -0.511 e. The lowest BCUT2D eigenvalue weighted by Crippen LogP contribution is -2.45. The van der Waals surface area contributed by atoms with E-state index in [0.29, 0.717) is 49.6 Å². The number of nitrogens with two attached hydrogens (primary N) is 1. The largest absolute Gasteiger partial charge is 0.511 e. The molecule has 37 heavy (non-hydrogen) atoms. The van der Waals surface area contributed by atoms with Crippen LogP contribution in [0.4, 0.5) is 5.82 Å². The number of likely N-dealkylation sites (N-methyl/N-ethyl adjacent to an activating group) is 1. The van der Waals surface area contributed by atoms with Crippen molar-refractivity contribution >= 4 is 17.3 Å². The first-order chi connectivity index (χ1) is 17.7. The number of ether oxygens (including phenoxy) is 1. The third kappa shape index (κ3) is 5.98. The number of carbonyl (C=O) groups excluding carboxylic acids is 1. The second-order valence-corrected chi connectivity index (χ2v) is 11.2. The molecule has 4 N–H and O–H groups in total. The first-order valence-electron chi connectivity index (χ1n) is 14.0. The molecule has 9 heteroatoms. The molecule has 2 heterocycles. The Morgan fingerprint density at radius 2 is 1.89 bits per heavy atom. The van der Waals surface area contributed by atoms with Crippen LogP contribution in [0.25, 0.3) is 0 Å². The maximum absolute atomic E-state index is 13.0. The number of anilines is 1. The highest BCUT2D eigenvalue weighted by Crippen LogP contribution is 2.48. The molecule has 1 saturated carbocycles. The summed E-state index contributed by atoms with van der Waals surface area (Å²) in [5, 5.41) is 20.4. The van der Waals surface area contributed by atoms with E-state index in [1.807, 2.05) is 13.0 Å². The minimum atomic E-state index is -0.834. The van der Waals surface area contributed by atoms with E-state index in [0.717, 1.165) is 64.1 Å². The van der Waals surface area contributed by atoms with Gasteiger partial charge < -0.3 is 25.4 Å². The summed E-state index contributed by atoms with van der Waals surface area (Å²) >= 11 is 0. The van der Waals surface area contributed by atoms with Crippen molar-refractivity contribution in [1.29, 1.82) is 5.41 Å². The fraction of sp³-hybridized carbons (Fsp3) is 0.714. The third-order valence-electron chi connectivity index (χ3n) is 8.57. The maximum atomic E-state index is 13.0. The summed E-state index contributed by atoms with van der Waals surface area (Å²) in [5.41, 5.74) is 5.47. The van der Waals surface area contributed by atoms with Gasteiger partial charge in [-0.05, 0) is 71.4 Å². The fourth-order valence-electron chi connectivity index (χ4n) is 5.84. The molecule has 1 aromatic heterocycles. The quantitative estimate of drug-likeness (QED) is 0.426. The SMILES string of the molecule is C[C@H](Oc1cc(N2CCN(C)CC2)nc(C(=N)C2=C(O)[C@]3(CCCCC3=O)CCC2)n1)[C@@H](C)CCCN. The van der Waals surface area contributed by atoms with Crippen LogP contribution in [0.5, 0.6) is 5.88 Å². The molecule has 9 nitrogen and oxygen atoms in total. The van der Waals surface area contributed by atoms with Crippen LogP contribution < -0.4 is 15.4 Å². The van der Waals surface area contributed by atoms with E-state index >= 15 is 0 Å². The zero-order chi connectivity index (χ0) is 26.6. The lowest BCUT2D eigenvalue weighted by atomic mass is 9.64. The Balaban J connectivity index is 1.67. The third-order valence-corrected chi connectivity index (χ3v) is 8.57. The van der Waals surface area contributed by atoms with Crippen molar-refractivity contribution in [2.75, 3.05) is 44.7 Å². The normalized spacial score (nSPS) is 24.9. The number of nitrogens with one attached hydrogen (secondary N) is 1. The molecule has 3 atom stereocenters. The summed E-state index contributed by atoms with van der Waals surface area (Å²) in [5.74, 6) is 1.91. The zero-order valence-electron chi connectivity index (χ0n) is 22.8. The number of rotatable bonds is 9. The van der Waals surface area contributed by atoms with Crippen LogP contribution >= 0.6 is 0 Å². The molecule has 0 aromatic carbocycles. The molecule has 1 aliphatic heterocycles. The van der Waals surface area contributed by atoms with E-state index in [2.05, 4.69) is 28.8 Å². The monoisotopic (exact) mass is 512 g/mol. The molecule has 1 spiro atoms. The lowest BCUT2D eigenvalue weighted by molar-refractivity contribution is -0.131. The molecule has 0 radical (unpaired) electrons. The van der Waals surface area contributed by atoms with Gasteiger partial charge >= 0.3 is 0 Å². The predicted molar refractivity (Wildman–Crippen MR) is 146 cm³/mol. The highest BCUT2D eigenvalue weighted by molar-refractivity contribution is 6.09. The number of nitrogens with zero attached hydrogens (tertiary/aromatic N) is 4. The number of piperazine rings is 1. The van der Waals surface area contributed by atoms with E-state index in [9.17, 15) is 9.90 Å². The molecule has 0 bridgehead atoms. The summed E-state index contributed by atoms with van der Waals surface area (Å²) < 4.78 is 6.30. The predicted octanol–water partition coefficient (Wildman–Crippen LogP) is 3.86. The number of carbonyl (C=O) groups is 1.